The summed E-state index contributed by atoms with van der Waals surface area (Å²) in [5.74, 6) is 1.11. The maximum atomic E-state index is 13.3. The molecule has 5 aromatic rings. The quantitative estimate of drug-likeness (QED) is 0.277. The van der Waals surface area contributed by atoms with Crippen molar-refractivity contribution in [3.8, 4) is 22.7 Å². The van der Waals surface area contributed by atoms with Crippen LogP contribution in [0.2, 0.25) is 10.0 Å². The number of amides is 1. The topological polar surface area (TPSA) is 68.0 Å². The van der Waals surface area contributed by atoms with Crippen LogP contribution < -0.4 is 5.32 Å². The monoisotopic (exact) mass is 493 g/mol. The van der Waals surface area contributed by atoms with E-state index in [4.69, 9.17) is 27.6 Å². The zero-order valence-electron chi connectivity index (χ0n) is 17.6. The van der Waals surface area contributed by atoms with Gasteiger partial charge in [0.05, 0.1) is 21.8 Å². The number of thiazole rings is 1. The van der Waals surface area contributed by atoms with Gasteiger partial charge in [0, 0.05) is 20.8 Å². The van der Waals surface area contributed by atoms with Crippen LogP contribution in [0.5, 0.6) is 0 Å². The number of aryl methyl sites for hydroxylation is 2. The van der Waals surface area contributed by atoms with Crippen LogP contribution in [0.1, 0.15) is 21.0 Å². The molecule has 0 fully saturated rings. The summed E-state index contributed by atoms with van der Waals surface area (Å²) in [7, 11) is 0. The molecular weight excluding hydrogens is 477 g/mol. The number of benzene rings is 2. The van der Waals surface area contributed by atoms with Crippen LogP contribution in [-0.4, -0.2) is 15.9 Å². The molecule has 2 aromatic carbocycles. The predicted octanol–water partition coefficient (Wildman–Crippen LogP) is 7.79. The lowest BCUT2D eigenvalue weighted by molar-refractivity contribution is 0.102. The number of aromatic nitrogens is 2. The molecule has 1 amide bonds. The van der Waals surface area contributed by atoms with Crippen molar-refractivity contribution < 1.29 is 9.21 Å². The molecule has 0 radical (unpaired) electrons. The number of nitrogens with zero attached hydrogens (tertiary/aromatic N) is 2. The first-order valence-corrected chi connectivity index (χ1v) is 11.7. The third kappa shape index (κ3) is 4.25. The van der Waals surface area contributed by atoms with Crippen LogP contribution >= 0.6 is 34.5 Å². The van der Waals surface area contributed by atoms with E-state index >= 15 is 0 Å². The molecule has 8 heteroatoms. The average molecular weight is 494 g/mol. The second-order valence-electron chi connectivity index (χ2n) is 7.48. The molecule has 0 saturated carbocycles. The minimum absolute atomic E-state index is 0.277. The fraction of sp³-hybridized carbons (Fsp3) is 0.0800. The lowest BCUT2D eigenvalue weighted by Crippen LogP contribution is -2.13. The minimum Gasteiger partial charge on any atom is -0.460 e. The van der Waals surface area contributed by atoms with Crippen LogP contribution in [0.3, 0.4) is 0 Å². The van der Waals surface area contributed by atoms with Crippen LogP contribution in [0.25, 0.3) is 33.6 Å². The molecule has 0 saturated heterocycles. The van der Waals surface area contributed by atoms with Gasteiger partial charge < -0.3 is 4.42 Å². The molecule has 0 unspecified atom stereocenters. The number of halogens is 2. The van der Waals surface area contributed by atoms with Gasteiger partial charge in [-0.15, -0.1) is 11.3 Å². The molecule has 1 N–H and O–H groups in total. The summed E-state index contributed by atoms with van der Waals surface area (Å²) in [6.07, 6.45) is 0. The zero-order chi connectivity index (χ0) is 23.1. The third-order valence-electron chi connectivity index (χ3n) is 5.16. The molecular formula is C25H17Cl2N3O2S. The Bertz CT molecular complexity index is 1520. The summed E-state index contributed by atoms with van der Waals surface area (Å²) >= 11 is 13.8. The van der Waals surface area contributed by atoms with Crippen LogP contribution in [0.4, 0.5) is 5.13 Å². The summed E-state index contributed by atoms with van der Waals surface area (Å²) < 4.78 is 5.73. The fourth-order valence-corrected chi connectivity index (χ4v) is 4.93. The highest BCUT2D eigenvalue weighted by Gasteiger charge is 2.19. The predicted molar refractivity (Wildman–Crippen MR) is 134 cm³/mol. The standard InChI is InChI=1S/C25H17Cl2N3O2S/c1-13-7-10-22(32-13)21-12-18(16-5-3-4-6-20(16)28-21)24(31)30-25-29-23(14(2)33-25)17-9-8-15(26)11-19(17)27/h3-12H,1-2H3,(H,29,30,31). The third-order valence-corrected chi connectivity index (χ3v) is 6.59. The highest BCUT2D eigenvalue weighted by molar-refractivity contribution is 7.16. The van der Waals surface area contributed by atoms with Crippen molar-refractivity contribution >= 4 is 56.5 Å². The lowest BCUT2D eigenvalue weighted by Gasteiger charge is -2.08. The molecule has 0 bridgehead atoms. The second-order valence-corrected chi connectivity index (χ2v) is 9.53. The van der Waals surface area contributed by atoms with Gasteiger partial charge in [-0.2, -0.15) is 0 Å². The van der Waals surface area contributed by atoms with E-state index in [1.165, 1.54) is 11.3 Å². The Kier molecular flexibility index (Phi) is 5.66. The summed E-state index contributed by atoms with van der Waals surface area (Å²) in [5.41, 5.74) is 3.26. The van der Waals surface area contributed by atoms with Gasteiger partial charge in [0.2, 0.25) is 0 Å². The first kappa shape index (κ1) is 21.6. The van der Waals surface area contributed by atoms with Crippen molar-refractivity contribution in [2.24, 2.45) is 0 Å². The van der Waals surface area contributed by atoms with E-state index in [1.807, 2.05) is 56.3 Å². The van der Waals surface area contributed by atoms with Gasteiger partial charge >= 0.3 is 0 Å². The molecule has 0 aliphatic rings. The molecule has 3 heterocycles. The fourth-order valence-electron chi connectivity index (χ4n) is 3.61. The van der Waals surface area contributed by atoms with Gasteiger partial charge in [0.15, 0.2) is 10.9 Å². The van der Waals surface area contributed by atoms with Crippen molar-refractivity contribution in [2.75, 3.05) is 5.32 Å². The molecule has 5 nitrogen and oxygen atoms in total. The molecule has 164 valence electrons. The summed E-state index contributed by atoms with van der Waals surface area (Å²) in [5, 5.41) is 5.22. The SMILES string of the molecule is Cc1ccc(-c2cc(C(=O)Nc3nc(-c4ccc(Cl)cc4Cl)c(C)s3)c3ccccc3n2)o1. The highest BCUT2D eigenvalue weighted by Crippen LogP contribution is 2.36. The summed E-state index contributed by atoms with van der Waals surface area (Å²) in [4.78, 5) is 23.6. The molecule has 0 aliphatic heterocycles. The van der Waals surface area contributed by atoms with E-state index in [2.05, 4.69) is 15.3 Å². The van der Waals surface area contributed by atoms with E-state index in [9.17, 15) is 4.79 Å². The van der Waals surface area contributed by atoms with E-state index in [0.717, 1.165) is 21.6 Å². The number of carbonyl (C=O) groups is 1. The maximum absolute atomic E-state index is 13.3. The minimum atomic E-state index is -0.277. The first-order valence-electron chi connectivity index (χ1n) is 10.1. The number of nitrogens with one attached hydrogen (secondary N) is 1. The molecule has 0 spiro atoms. The molecule has 33 heavy (non-hydrogen) atoms. The van der Waals surface area contributed by atoms with Gasteiger partial charge in [0.25, 0.3) is 5.91 Å². The average Bonchev–Trinajstić information content (AvgIpc) is 3.38. The number of carbonyl (C=O) groups excluding carboxylic acids is 1. The number of anilines is 1. The molecule has 0 atom stereocenters. The molecule has 5 rings (SSSR count). The number of furan rings is 1. The van der Waals surface area contributed by atoms with E-state index in [0.29, 0.717) is 43.4 Å². The van der Waals surface area contributed by atoms with E-state index in [1.54, 1.807) is 18.2 Å². The van der Waals surface area contributed by atoms with Crippen molar-refractivity contribution in [2.45, 2.75) is 13.8 Å². The smallest absolute Gasteiger partial charge is 0.258 e. The van der Waals surface area contributed by atoms with Gasteiger partial charge in [-0.1, -0.05) is 41.4 Å². The molecule has 0 aliphatic carbocycles. The number of rotatable bonds is 4. The lowest BCUT2D eigenvalue weighted by atomic mass is 10.1. The maximum Gasteiger partial charge on any atom is 0.258 e. The number of fused-ring (bicyclic) bond motifs is 1. The Hall–Kier alpha value is -3.19. The second kappa shape index (κ2) is 8.63. The van der Waals surface area contributed by atoms with Gasteiger partial charge in [-0.25, -0.2) is 9.97 Å². The number of hydrogen-bond acceptors (Lipinski definition) is 5. The Morgan fingerprint density at radius 1 is 1.00 bits per heavy atom. The van der Waals surface area contributed by atoms with E-state index < -0.39 is 0 Å². The van der Waals surface area contributed by atoms with Crippen LogP contribution in [0.15, 0.2) is 65.1 Å². The number of para-hydroxylation sites is 1. The van der Waals surface area contributed by atoms with Crippen molar-refractivity contribution in [3.63, 3.8) is 0 Å². The normalized spacial score (nSPS) is 11.2. The highest BCUT2D eigenvalue weighted by atomic mass is 35.5. The zero-order valence-corrected chi connectivity index (χ0v) is 20.0. The van der Waals surface area contributed by atoms with Gasteiger partial charge in [-0.3, -0.25) is 10.1 Å². The Labute approximate surface area is 204 Å². The van der Waals surface area contributed by atoms with Gasteiger partial charge in [0.1, 0.15) is 11.5 Å². The van der Waals surface area contributed by atoms with E-state index in [-0.39, 0.29) is 5.91 Å². The summed E-state index contributed by atoms with van der Waals surface area (Å²) in [6, 6.07) is 18.2. The first-order chi connectivity index (χ1) is 15.9. The largest absolute Gasteiger partial charge is 0.460 e. The molecule has 3 aromatic heterocycles. The van der Waals surface area contributed by atoms with Crippen molar-refractivity contribution in [1.82, 2.24) is 9.97 Å². The van der Waals surface area contributed by atoms with Gasteiger partial charge in [-0.05, 0) is 56.3 Å². The van der Waals surface area contributed by atoms with Crippen molar-refractivity contribution in [1.29, 1.82) is 0 Å². The van der Waals surface area contributed by atoms with Crippen LogP contribution in [0, 0.1) is 13.8 Å². The number of pyridine rings is 1. The van der Waals surface area contributed by atoms with Crippen molar-refractivity contribution in [3.05, 3.63) is 86.9 Å². The Morgan fingerprint density at radius 2 is 1.82 bits per heavy atom. The Morgan fingerprint density at radius 3 is 2.58 bits per heavy atom. The summed E-state index contributed by atoms with van der Waals surface area (Å²) in [6.45, 7) is 3.81. The van der Waals surface area contributed by atoms with Crippen LogP contribution in [-0.2, 0) is 0 Å². The Balaban J connectivity index is 1.52. The number of hydrogen-bond donors (Lipinski definition) is 1.